The largest absolute Gasteiger partial charge is 0.481 e. The van der Waals surface area contributed by atoms with Crippen LogP contribution < -0.4 is 0 Å². The summed E-state index contributed by atoms with van der Waals surface area (Å²) in [4.78, 5) is 23.7. The Morgan fingerprint density at radius 2 is 1.68 bits per heavy atom. The van der Waals surface area contributed by atoms with Crippen molar-refractivity contribution in [3.63, 3.8) is 0 Å². The molecule has 1 aromatic rings. The number of nitrogens with zero attached hydrogens (tertiary/aromatic N) is 1. The first kappa shape index (κ1) is 14.9. The quantitative estimate of drug-likeness (QED) is 0.910. The van der Waals surface area contributed by atoms with E-state index in [0.717, 1.165) is 5.56 Å². The molecule has 0 radical (unpaired) electrons. The first-order valence-electron chi connectivity index (χ1n) is 6.84. The zero-order valence-electron chi connectivity index (χ0n) is 11.6. The number of fused-ring (bicyclic) bond motifs is 2. The minimum Gasteiger partial charge on any atom is -0.481 e. The van der Waals surface area contributed by atoms with E-state index in [9.17, 15) is 27.9 Å². The van der Waals surface area contributed by atoms with Crippen molar-refractivity contribution in [3.05, 3.63) is 35.9 Å². The molecule has 2 heterocycles. The molecule has 0 unspecified atom stereocenters. The van der Waals surface area contributed by atoms with Gasteiger partial charge in [-0.25, -0.2) is 0 Å². The van der Waals surface area contributed by atoms with E-state index in [0.29, 0.717) is 4.90 Å². The lowest BCUT2D eigenvalue weighted by molar-refractivity contribution is -0.202. The molecule has 2 saturated heterocycles. The van der Waals surface area contributed by atoms with Gasteiger partial charge in [0.05, 0.1) is 5.41 Å². The second-order valence-electron chi connectivity index (χ2n) is 6.24. The fraction of sp³-hybridized carbons (Fsp3) is 0.467. The van der Waals surface area contributed by atoms with Gasteiger partial charge in [-0.15, -0.1) is 0 Å². The Kier molecular flexibility index (Phi) is 3.02. The molecule has 0 aromatic heterocycles. The van der Waals surface area contributed by atoms with E-state index in [1.165, 1.54) is 0 Å². The highest BCUT2D eigenvalue weighted by Gasteiger charge is 2.66. The lowest BCUT2D eigenvalue weighted by Crippen LogP contribution is -2.69. The summed E-state index contributed by atoms with van der Waals surface area (Å²) in [5.41, 5.74) is -1.18. The van der Waals surface area contributed by atoms with Crippen LogP contribution >= 0.6 is 0 Å². The van der Waals surface area contributed by atoms with Crippen LogP contribution in [0.25, 0.3) is 0 Å². The molecular formula is C15H14F3NO3. The van der Waals surface area contributed by atoms with E-state index in [4.69, 9.17) is 0 Å². The zero-order valence-corrected chi connectivity index (χ0v) is 11.6. The van der Waals surface area contributed by atoms with Crippen LogP contribution in [0.4, 0.5) is 13.2 Å². The van der Waals surface area contributed by atoms with Gasteiger partial charge in [-0.05, 0) is 18.4 Å². The van der Waals surface area contributed by atoms with Crippen LogP contribution in [-0.2, 0) is 15.0 Å². The Labute approximate surface area is 124 Å². The number of amides is 1. The molecule has 2 bridgehead atoms. The van der Waals surface area contributed by atoms with Gasteiger partial charge in [0.1, 0.15) is 0 Å². The van der Waals surface area contributed by atoms with Gasteiger partial charge in [-0.3, -0.25) is 9.59 Å². The maximum absolute atomic E-state index is 12.7. The lowest BCUT2D eigenvalue weighted by atomic mass is 9.47. The Morgan fingerprint density at radius 3 is 2.18 bits per heavy atom. The van der Waals surface area contributed by atoms with Gasteiger partial charge in [-0.1, -0.05) is 30.3 Å². The van der Waals surface area contributed by atoms with Crippen molar-refractivity contribution in [1.29, 1.82) is 0 Å². The summed E-state index contributed by atoms with van der Waals surface area (Å²) < 4.78 is 38.1. The smallest absolute Gasteiger partial charge is 0.471 e. The van der Waals surface area contributed by atoms with Crippen LogP contribution in [0.15, 0.2) is 30.3 Å². The summed E-state index contributed by atoms with van der Waals surface area (Å²) in [6.07, 6.45) is -4.46. The predicted octanol–water partition coefficient (Wildman–Crippen LogP) is 2.19. The highest BCUT2D eigenvalue weighted by molar-refractivity contribution is 5.85. The van der Waals surface area contributed by atoms with Crippen molar-refractivity contribution in [1.82, 2.24) is 4.90 Å². The third kappa shape index (κ3) is 2.07. The number of hydrogen-bond donors (Lipinski definition) is 1. The van der Waals surface area contributed by atoms with Crippen LogP contribution in [0.5, 0.6) is 0 Å². The second-order valence-corrected chi connectivity index (χ2v) is 6.24. The Balaban J connectivity index is 1.95. The number of alkyl halides is 3. The van der Waals surface area contributed by atoms with Gasteiger partial charge in [-0.2, -0.15) is 13.2 Å². The average molecular weight is 313 g/mol. The molecule has 7 heteroatoms. The van der Waals surface area contributed by atoms with Gasteiger partial charge in [0.2, 0.25) is 0 Å². The molecule has 3 aliphatic rings. The van der Waals surface area contributed by atoms with Crippen molar-refractivity contribution >= 4 is 11.9 Å². The Bertz CT molecular complexity index is 621. The lowest BCUT2D eigenvalue weighted by Gasteiger charge is -2.61. The van der Waals surface area contributed by atoms with Crippen molar-refractivity contribution < 1.29 is 27.9 Å². The van der Waals surface area contributed by atoms with E-state index in [1.807, 2.05) is 0 Å². The minimum atomic E-state index is -4.98. The molecule has 1 saturated carbocycles. The van der Waals surface area contributed by atoms with E-state index in [1.54, 1.807) is 30.3 Å². The SMILES string of the molecule is O=C(N1CC2(C(=O)O)CC(c3ccccc3)(C1)C2)C(F)(F)F. The number of carbonyl (C=O) groups excluding carboxylic acids is 1. The molecule has 4 nitrogen and oxygen atoms in total. The number of aliphatic carboxylic acids is 1. The third-order valence-electron chi connectivity index (χ3n) is 4.71. The van der Waals surface area contributed by atoms with Crippen LogP contribution in [-0.4, -0.2) is 41.1 Å². The molecule has 1 aromatic carbocycles. The van der Waals surface area contributed by atoms with E-state index in [2.05, 4.69) is 0 Å². The number of carbonyl (C=O) groups is 2. The predicted molar refractivity (Wildman–Crippen MR) is 70.1 cm³/mol. The highest BCUT2D eigenvalue weighted by Crippen LogP contribution is 2.60. The van der Waals surface area contributed by atoms with Gasteiger partial charge < -0.3 is 10.0 Å². The number of carboxylic acid groups (broad SMARTS) is 1. The number of benzene rings is 1. The highest BCUT2D eigenvalue weighted by atomic mass is 19.4. The first-order chi connectivity index (χ1) is 10.2. The topological polar surface area (TPSA) is 57.6 Å². The molecule has 1 amide bonds. The summed E-state index contributed by atoms with van der Waals surface area (Å²) >= 11 is 0. The second kappa shape index (κ2) is 4.47. The Hall–Kier alpha value is -2.05. The summed E-state index contributed by atoms with van der Waals surface area (Å²) in [5.74, 6) is -3.10. The molecule has 4 rings (SSSR count). The number of halogens is 3. The normalized spacial score (nSPS) is 30.6. The van der Waals surface area contributed by atoms with Gasteiger partial charge in [0, 0.05) is 18.5 Å². The van der Waals surface area contributed by atoms with Crippen molar-refractivity contribution in [2.24, 2.45) is 5.41 Å². The molecule has 118 valence electrons. The number of piperidine rings is 2. The molecule has 0 spiro atoms. The molecule has 3 fully saturated rings. The maximum atomic E-state index is 12.7. The van der Waals surface area contributed by atoms with Crippen LogP contribution in [0.2, 0.25) is 0 Å². The van der Waals surface area contributed by atoms with Crippen molar-refractivity contribution in [3.8, 4) is 0 Å². The number of rotatable bonds is 2. The van der Waals surface area contributed by atoms with Crippen LogP contribution in [0.1, 0.15) is 18.4 Å². The van der Waals surface area contributed by atoms with E-state index in [-0.39, 0.29) is 25.9 Å². The molecule has 2 aliphatic heterocycles. The average Bonchev–Trinajstić information content (AvgIpc) is 2.45. The number of hydrogen-bond acceptors (Lipinski definition) is 2. The minimum absolute atomic E-state index is 0.0929. The third-order valence-corrected chi connectivity index (χ3v) is 4.71. The summed E-state index contributed by atoms with van der Waals surface area (Å²) in [6, 6.07) is 8.84. The molecule has 1 aliphatic carbocycles. The van der Waals surface area contributed by atoms with Gasteiger partial charge in [0.25, 0.3) is 0 Å². The van der Waals surface area contributed by atoms with Crippen LogP contribution in [0.3, 0.4) is 0 Å². The van der Waals surface area contributed by atoms with E-state index >= 15 is 0 Å². The molecule has 0 atom stereocenters. The summed E-state index contributed by atoms with van der Waals surface area (Å²) in [7, 11) is 0. The maximum Gasteiger partial charge on any atom is 0.471 e. The van der Waals surface area contributed by atoms with Gasteiger partial charge >= 0.3 is 18.1 Å². The molecule has 1 N–H and O–H groups in total. The molecule has 22 heavy (non-hydrogen) atoms. The standard InChI is InChI=1S/C15H14F3NO3/c16-15(17,18)11(20)19-8-13(10-4-2-1-3-5-10)6-14(7-13,9-19)12(21)22/h1-5H,6-9H2,(H,21,22). The van der Waals surface area contributed by atoms with Gasteiger partial charge in [0.15, 0.2) is 0 Å². The first-order valence-corrected chi connectivity index (χ1v) is 6.84. The summed E-state index contributed by atoms with van der Waals surface area (Å²) in [5, 5.41) is 9.38. The summed E-state index contributed by atoms with van der Waals surface area (Å²) in [6.45, 7) is -0.473. The zero-order chi connectivity index (χ0) is 16.2. The van der Waals surface area contributed by atoms with Crippen LogP contribution in [0, 0.1) is 5.41 Å². The van der Waals surface area contributed by atoms with E-state index < -0.39 is 28.9 Å². The van der Waals surface area contributed by atoms with Crippen molar-refractivity contribution in [2.75, 3.05) is 13.1 Å². The molecular weight excluding hydrogens is 299 g/mol. The Morgan fingerprint density at radius 1 is 1.09 bits per heavy atom. The number of carboxylic acids is 1. The van der Waals surface area contributed by atoms with Crippen molar-refractivity contribution in [2.45, 2.75) is 24.4 Å². The fourth-order valence-electron chi connectivity index (χ4n) is 3.88. The monoisotopic (exact) mass is 313 g/mol. The fourth-order valence-corrected chi connectivity index (χ4v) is 3.88.